The van der Waals surface area contributed by atoms with Gasteiger partial charge in [0.15, 0.2) is 0 Å². The van der Waals surface area contributed by atoms with Gasteiger partial charge < -0.3 is 11.1 Å². The van der Waals surface area contributed by atoms with Crippen molar-refractivity contribution in [3.8, 4) is 0 Å². The summed E-state index contributed by atoms with van der Waals surface area (Å²) in [6.45, 7) is 2.59. The van der Waals surface area contributed by atoms with Crippen molar-refractivity contribution < 1.29 is 4.79 Å². The van der Waals surface area contributed by atoms with Crippen LogP contribution in [0.1, 0.15) is 36.8 Å². The molecule has 3 N–H and O–H groups in total. The van der Waals surface area contributed by atoms with E-state index < -0.39 is 0 Å². The standard InChI is InChI=1S/C14H21N3O/c1-10-8-16-6-5-12(10)9-17-14(18)11-3-2-4-13(15)7-11/h5-6,8,11,13H,2-4,7,9,15H2,1H3,(H,17,18). The topological polar surface area (TPSA) is 68.0 Å². The largest absolute Gasteiger partial charge is 0.352 e. The van der Waals surface area contributed by atoms with Crippen molar-refractivity contribution in [1.82, 2.24) is 10.3 Å². The number of aromatic nitrogens is 1. The minimum absolute atomic E-state index is 0.0934. The van der Waals surface area contributed by atoms with Gasteiger partial charge in [0.25, 0.3) is 0 Å². The van der Waals surface area contributed by atoms with Gasteiger partial charge in [-0.05, 0) is 43.4 Å². The zero-order valence-electron chi connectivity index (χ0n) is 10.9. The lowest BCUT2D eigenvalue weighted by Gasteiger charge is -2.25. The second-order valence-electron chi connectivity index (χ2n) is 5.14. The molecule has 0 bridgehead atoms. The van der Waals surface area contributed by atoms with Gasteiger partial charge in [0.05, 0.1) is 0 Å². The van der Waals surface area contributed by atoms with Crippen LogP contribution < -0.4 is 11.1 Å². The molecule has 1 amide bonds. The van der Waals surface area contributed by atoms with E-state index in [9.17, 15) is 4.79 Å². The summed E-state index contributed by atoms with van der Waals surface area (Å²) >= 11 is 0. The van der Waals surface area contributed by atoms with Crippen molar-refractivity contribution in [1.29, 1.82) is 0 Å². The van der Waals surface area contributed by atoms with E-state index in [4.69, 9.17) is 5.73 Å². The first-order chi connectivity index (χ1) is 8.66. The van der Waals surface area contributed by atoms with E-state index in [-0.39, 0.29) is 17.9 Å². The molecule has 2 unspecified atom stereocenters. The SMILES string of the molecule is Cc1cnccc1CNC(=O)C1CCCC(N)C1. The molecule has 1 fully saturated rings. The fraction of sp³-hybridized carbons (Fsp3) is 0.571. The Hall–Kier alpha value is -1.42. The predicted octanol–water partition coefficient (Wildman–Crippen LogP) is 1.52. The van der Waals surface area contributed by atoms with Gasteiger partial charge >= 0.3 is 0 Å². The smallest absolute Gasteiger partial charge is 0.223 e. The Kier molecular flexibility index (Phi) is 4.31. The molecule has 2 rings (SSSR count). The molecule has 1 aromatic rings. The summed E-state index contributed by atoms with van der Waals surface area (Å²) in [4.78, 5) is 16.1. The monoisotopic (exact) mass is 247 g/mol. The Morgan fingerprint density at radius 3 is 3.11 bits per heavy atom. The molecule has 4 nitrogen and oxygen atoms in total. The Balaban J connectivity index is 1.86. The number of amides is 1. The summed E-state index contributed by atoms with van der Waals surface area (Å²) in [5.41, 5.74) is 8.14. The van der Waals surface area contributed by atoms with Gasteiger partial charge in [-0.3, -0.25) is 9.78 Å². The van der Waals surface area contributed by atoms with E-state index in [1.165, 1.54) is 0 Å². The van der Waals surface area contributed by atoms with E-state index in [0.717, 1.165) is 36.8 Å². The second-order valence-corrected chi connectivity index (χ2v) is 5.14. The Morgan fingerprint density at radius 1 is 1.56 bits per heavy atom. The summed E-state index contributed by atoms with van der Waals surface area (Å²) in [5.74, 6) is 0.234. The van der Waals surface area contributed by atoms with Crippen molar-refractivity contribution in [3.05, 3.63) is 29.6 Å². The van der Waals surface area contributed by atoms with Crippen molar-refractivity contribution >= 4 is 5.91 Å². The normalized spacial score (nSPS) is 23.7. The first-order valence-corrected chi connectivity index (χ1v) is 6.59. The highest BCUT2D eigenvalue weighted by Crippen LogP contribution is 2.23. The minimum atomic E-state index is 0.0934. The summed E-state index contributed by atoms with van der Waals surface area (Å²) in [5, 5.41) is 3.01. The third-order valence-corrected chi connectivity index (χ3v) is 3.68. The maximum Gasteiger partial charge on any atom is 0.223 e. The number of aryl methyl sites for hydroxylation is 1. The molecule has 1 aliphatic rings. The highest BCUT2D eigenvalue weighted by atomic mass is 16.1. The molecule has 0 aliphatic heterocycles. The van der Waals surface area contributed by atoms with Crippen molar-refractivity contribution in [2.45, 2.75) is 45.2 Å². The van der Waals surface area contributed by atoms with Crippen LogP contribution in [-0.2, 0) is 11.3 Å². The van der Waals surface area contributed by atoms with Crippen LogP contribution in [-0.4, -0.2) is 16.9 Å². The number of carbonyl (C=O) groups excluding carboxylic acids is 1. The molecule has 18 heavy (non-hydrogen) atoms. The predicted molar refractivity (Wildman–Crippen MR) is 70.8 cm³/mol. The van der Waals surface area contributed by atoms with Crippen molar-refractivity contribution in [2.24, 2.45) is 11.7 Å². The van der Waals surface area contributed by atoms with Gasteiger partial charge in [0, 0.05) is 30.9 Å². The zero-order chi connectivity index (χ0) is 13.0. The number of nitrogens with two attached hydrogens (primary N) is 1. The zero-order valence-corrected chi connectivity index (χ0v) is 10.9. The highest BCUT2D eigenvalue weighted by Gasteiger charge is 2.24. The van der Waals surface area contributed by atoms with Gasteiger partial charge in [-0.2, -0.15) is 0 Å². The third-order valence-electron chi connectivity index (χ3n) is 3.68. The van der Waals surface area contributed by atoms with Crippen LogP contribution in [0.2, 0.25) is 0 Å². The number of hydrogen-bond donors (Lipinski definition) is 2. The van der Waals surface area contributed by atoms with Gasteiger partial charge in [0.2, 0.25) is 5.91 Å². The average Bonchev–Trinajstić information content (AvgIpc) is 2.37. The van der Waals surface area contributed by atoms with E-state index in [0.29, 0.717) is 6.54 Å². The van der Waals surface area contributed by atoms with E-state index in [1.54, 1.807) is 6.20 Å². The van der Waals surface area contributed by atoms with Crippen LogP contribution in [0.4, 0.5) is 0 Å². The lowest BCUT2D eigenvalue weighted by molar-refractivity contribution is -0.126. The molecule has 1 heterocycles. The minimum Gasteiger partial charge on any atom is -0.352 e. The maximum absolute atomic E-state index is 12.0. The van der Waals surface area contributed by atoms with Gasteiger partial charge in [0.1, 0.15) is 0 Å². The lowest BCUT2D eigenvalue weighted by Crippen LogP contribution is -2.37. The Bertz CT molecular complexity index is 419. The molecule has 98 valence electrons. The molecule has 0 spiro atoms. The lowest BCUT2D eigenvalue weighted by atomic mass is 9.85. The molecule has 2 atom stereocenters. The van der Waals surface area contributed by atoms with Crippen LogP contribution >= 0.6 is 0 Å². The fourth-order valence-corrected chi connectivity index (χ4v) is 2.49. The van der Waals surface area contributed by atoms with Crippen LogP contribution in [0, 0.1) is 12.8 Å². The number of rotatable bonds is 3. The van der Waals surface area contributed by atoms with Crippen LogP contribution in [0.3, 0.4) is 0 Å². The van der Waals surface area contributed by atoms with Crippen LogP contribution in [0.5, 0.6) is 0 Å². The fourth-order valence-electron chi connectivity index (χ4n) is 2.49. The molecular weight excluding hydrogens is 226 g/mol. The van der Waals surface area contributed by atoms with E-state index >= 15 is 0 Å². The van der Waals surface area contributed by atoms with Crippen molar-refractivity contribution in [3.63, 3.8) is 0 Å². The van der Waals surface area contributed by atoms with Gasteiger partial charge in [-0.15, -0.1) is 0 Å². The summed E-state index contributed by atoms with van der Waals surface area (Å²) in [6.07, 6.45) is 7.47. The molecular formula is C14H21N3O. The number of nitrogens with zero attached hydrogens (tertiary/aromatic N) is 1. The maximum atomic E-state index is 12.0. The number of nitrogens with one attached hydrogen (secondary N) is 1. The Morgan fingerprint density at radius 2 is 2.39 bits per heavy atom. The molecule has 1 aliphatic carbocycles. The second kappa shape index (κ2) is 5.96. The number of hydrogen-bond acceptors (Lipinski definition) is 3. The molecule has 1 aromatic heterocycles. The molecule has 0 radical (unpaired) electrons. The molecule has 0 aromatic carbocycles. The van der Waals surface area contributed by atoms with Crippen LogP contribution in [0.15, 0.2) is 18.5 Å². The number of carbonyl (C=O) groups is 1. The molecule has 0 saturated heterocycles. The van der Waals surface area contributed by atoms with E-state index in [1.807, 2.05) is 19.2 Å². The summed E-state index contributed by atoms with van der Waals surface area (Å²) in [7, 11) is 0. The summed E-state index contributed by atoms with van der Waals surface area (Å²) < 4.78 is 0. The first-order valence-electron chi connectivity index (χ1n) is 6.59. The van der Waals surface area contributed by atoms with Gasteiger partial charge in [-0.25, -0.2) is 0 Å². The van der Waals surface area contributed by atoms with Gasteiger partial charge in [-0.1, -0.05) is 6.42 Å². The summed E-state index contributed by atoms with van der Waals surface area (Å²) in [6, 6.07) is 2.14. The highest BCUT2D eigenvalue weighted by molar-refractivity contribution is 5.78. The average molecular weight is 247 g/mol. The molecule has 4 heteroatoms. The quantitative estimate of drug-likeness (QED) is 0.851. The number of pyridine rings is 1. The van der Waals surface area contributed by atoms with Crippen LogP contribution in [0.25, 0.3) is 0 Å². The van der Waals surface area contributed by atoms with Crippen molar-refractivity contribution in [2.75, 3.05) is 0 Å². The third kappa shape index (κ3) is 3.29. The van der Waals surface area contributed by atoms with E-state index in [2.05, 4.69) is 10.3 Å². The Labute approximate surface area is 108 Å². The first kappa shape index (κ1) is 13.0. The molecule has 1 saturated carbocycles.